The van der Waals surface area contributed by atoms with Crippen molar-refractivity contribution in [1.82, 2.24) is 9.47 Å². The molecule has 35 heavy (non-hydrogen) atoms. The molecule has 3 amide bonds. The molecule has 9 heteroatoms. The normalized spacial score (nSPS) is 13.1. The van der Waals surface area contributed by atoms with Crippen molar-refractivity contribution in [3.8, 4) is 11.6 Å². The van der Waals surface area contributed by atoms with Gasteiger partial charge in [-0.3, -0.25) is 19.3 Å². The molecule has 0 radical (unpaired) electrons. The van der Waals surface area contributed by atoms with Gasteiger partial charge in [0.2, 0.25) is 5.88 Å². The van der Waals surface area contributed by atoms with Crippen molar-refractivity contribution in [3.63, 3.8) is 0 Å². The van der Waals surface area contributed by atoms with Gasteiger partial charge in [0, 0.05) is 18.5 Å². The summed E-state index contributed by atoms with van der Waals surface area (Å²) in [6, 6.07) is 20.4. The lowest BCUT2D eigenvalue weighted by atomic mass is 10.1. The highest BCUT2D eigenvalue weighted by atomic mass is 16.5. The van der Waals surface area contributed by atoms with Crippen LogP contribution in [0.3, 0.4) is 0 Å². The first-order chi connectivity index (χ1) is 17.0. The van der Waals surface area contributed by atoms with Gasteiger partial charge in [-0.25, -0.2) is 0 Å². The van der Waals surface area contributed by atoms with E-state index in [9.17, 15) is 19.5 Å². The number of rotatable bonds is 6. The molecule has 174 valence electrons. The predicted octanol–water partition coefficient (Wildman–Crippen LogP) is 4.58. The molecule has 0 spiro atoms. The zero-order valence-corrected chi connectivity index (χ0v) is 18.7. The quantitative estimate of drug-likeness (QED) is 0.329. The number of aromatic hydroxyl groups is 1. The summed E-state index contributed by atoms with van der Waals surface area (Å²) >= 11 is 0. The van der Waals surface area contributed by atoms with E-state index in [4.69, 9.17) is 4.74 Å². The SMILES string of the molecule is COc1ccccc1C(=O)N=Nc1c(O)n(CCN2C(=O)c3ccccc3C2=O)c2ccccc12. The lowest BCUT2D eigenvalue weighted by Crippen LogP contribution is -2.32. The molecule has 9 nitrogen and oxygen atoms in total. The number of para-hydroxylation sites is 2. The summed E-state index contributed by atoms with van der Waals surface area (Å²) in [4.78, 5) is 39.2. The maximum absolute atomic E-state index is 12.7. The van der Waals surface area contributed by atoms with Crippen LogP contribution in [-0.4, -0.2) is 45.9 Å². The largest absolute Gasteiger partial charge is 0.496 e. The fraction of sp³-hybridized carbons (Fsp3) is 0.115. The molecule has 0 saturated carbocycles. The van der Waals surface area contributed by atoms with Gasteiger partial charge < -0.3 is 14.4 Å². The summed E-state index contributed by atoms with van der Waals surface area (Å²) < 4.78 is 6.74. The van der Waals surface area contributed by atoms with Gasteiger partial charge in [0.1, 0.15) is 5.75 Å². The molecule has 5 rings (SSSR count). The number of fused-ring (bicyclic) bond motifs is 2. The number of benzene rings is 3. The number of ether oxygens (including phenoxy) is 1. The second-order valence-corrected chi connectivity index (χ2v) is 7.85. The van der Waals surface area contributed by atoms with Crippen LogP contribution in [0, 0.1) is 0 Å². The van der Waals surface area contributed by atoms with Crippen LogP contribution in [0.2, 0.25) is 0 Å². The molecular formula is C26H20N4O5. The molecule has 0 bridgehead atoms. The monoisotopic (exact) mass is 468 g/mol. The number of methoxy groups -OCH3 is 1. The first kappa shape index (κ1) is 22.0. The van der Waals surface area contributed by atoms with Crippen molar-refractivity contribution in [1.29, 1.82) is 0 Å². The average molecular weight is 468 g/mol. The summed E-state index contributed by atoms with van der Waals surface area (Å²) in [5.41, 5.74) is 1.71. The molecule has 0 fully saturated rings. The third kappa shape index (κ3) is 3.72. The molecule has 1 aliphatic rings. The lowest BCUT2D eigenvalue weighted by molar-refractivity contribution is 0.0648. The Bertz CT molecular complexity index is 1490. The van der Waals surface area contributed by atoms with Crippen molar-refractivity contribution in [2.45, 2.75) is 6.54 Å². The molecule has 1 aliphatic heterocycles. The summed E-state index contributed by atoms with van der Waals surface area (Å²) in [5.74, 6) is -1.22. The third-order valence-corrected chi connectivity index (χ3v) is 5.92. The van der Waals surface area contributed by atoms with Crippen LogP contribution in [0.15, 0.2) is 83.0 Å². The molecule has 3 aromatic carbocycles. The minimum absolute atomic E-state index is 0.0509. The Morgan fingerprint density at radius 1 is 0.886 bits per heavy atom. The molecule has 0 unspecified atom stereocenters. The smallest absolute Gasteiger partial charge is 0.299 e. The van der Waals surface area contributed by atoms with E-state index in [0.29, 0.717) is 27.8 Å². The van der Waals surface area contributed by atoms with E-state index >= 15 is 0 Å². The fourth-order valence-electron chi connectivity index (χ4n) is 4.21. The first-order valence-corrected chi connectivity index (χ1v) is 10.9. The standard InChI is InChI=1S/C26H20N4O5/c1-35-21-13-7-5-11-19(21)23(31)28-27-22-18-10-4-6-12-20(18)29(26(22)34)14-15-30-24(32)16-8-2-3-9-17(16)25(30)33/h2-13,34H,14-15H2,1H3. The Morgan fingerprint density at radius 3 is 2.23 bits per heavy atom. The van der Waals surface area contributed by atoms with E-state index in [1.807, 2.05) is 0 Å². The van der Waals surface area contributed by atoms with Crippen LogP contribution in [0.5, 0.6) is 11.6 Å². The summed E-state index contributed by atoms with van der Waals surface area (Å²) in [6.07, 6.45) is 0. The predicted molar refractivity (Wildman–Crippen MR) is 127 cm³/mol. The topological polar surface area (TPSA) is 114 Å². The molecule has 1 N–H and O–H groups in total. The van der Waals surface area contributed by atoms with Crippen LogP contribution < -0.4 is 4.74 Å². The molecular weight excluding hydrogens is 448 g/mol. The van der Waals surface area contributed by atoms with E-state index in [2.05, 4.69) is 10.2 Å². The van der Waals surface area contributed by atoms with E-state index in [-0.39, 0.29) is 42.0 Å². The Kier molecular flexibility index (Phi) is 5.58. The third-order valence-electron chi connectivity index (χ3n) is 5.92. The van der Waals surface area contributed by atoms with Gasteiger partial charge in [-0.05, 0) is 30.3 Å². The molecule has 0 atom stereocenters. The maximum atomic E-state index is 12.7. The minimum atomic E-state index is -0.621. The molecule has 1 aromatic heterocycles. The number of carbonyl (C=O) groups is 3. The van der Waals surface area contributed by atoms with Crippen molar-refractivity contribution in [2.75, 3.05) is 13.7 Å². The van der Waals surface area contributed by atoms with Gasteiger partial charge in [0.05, 0.1) is 29.3 Å². The van der Waals surface area contributed by atoms with Crippen LogP contribution in [-0.2, 0) is 6.54 Å². The van der Waals surface area contributed by atoms with Gasteiger partial charge in [-0.15, -0.1) is 10.2 Å². The van der Waals surface area contributed by atoms with Gasteiger partial charge in [-0.1, -0.05) is 42.5 Å². The highest BCUT2D eigenvalue weighted by molar-refractivity contribution is 6.21. The van der Waals surface area contributed by atoms with E-state index in [1.165, 1.54) is 7.11 Å². The number of aromatic nitrogens is 1. The first-order valence-electron chi connectivity index (χ1n) is 10.9. The highest BCUT2D eigenvalue weighted by Crippen LogP contribution is 2.39. The number of azo groups is 1. The van der Waals surface area contributed by atoms with Gasteiger partial charge in [0.25, 0.3) is 17.7 Å². The average Bonchev–Trinajstić information content (AvgIpc) is 3.30. The van der Waals surface area contributed by atoms with E-state index in [0.717, 1.165) is 4.90 Å². The molecule has 4 aromatic rings. The lowest BCUT2D eigenvalue weighted by Gasteiger charge is -2.15. The number of nitrogens with zero attached hydrogens (tertiary/aromatic N) is 4. The Morgan fingerprint density at radius 2 is 1.51 bits per heavy atom. The van der Waals surface area contributed by atoms with Crippen LogP contribution in [0.4, 0.5) is 5.69 Å². The Balaban J connectivity index is 1.44. The van der Waals surface area contributed by atoms with Crippen molar-refractivity contribution in [3.05, 3.63) is 89.5 Å². The summed E-state index contributed by atoms with van der Waals surface area (Å²) in [7, 11) is 1.46. The minimum Gasteiger partial charge on any atom is -0.496 e. The van der Waals surface area contributed by atoms with Gasteiger partial charge >= 0.3 is 0 Å². The highest BCUT2D eigenvalue weighted by Gasteiger charge is 2.35. The number of imide groups is 1. The zero-order valence-electron chi connectivity index (χ0n) is 18.7. The van der Waals surface area contributed by atoms with Gasteiger partial charge in [-0.2, -0.15) is 0 Å². The Labute approximate surface area is 199 Å². The van der Waals surface area contributed by atoms with Crippen LogP contribution in [0.1, 0.15) is 31.1 Å². The summed E-state index contributed by atoms with van der Waals surface area (Å²) in [6.45, 7) is 0.184. The fourth-order valence-corrected chi connectivity index (χ4v) is 4.21. The van der Waals surface area contributed by atoms with E-state index < -0.39 is 5.91 Å². The van der Waals surface area contributed by atoms with Crippen molar-refractivity contribution >= 4 is 34.3 Å². The number of amides is 3. The number of carbonyl (C=O) groups excluding carboxylic acids is 3. The van der Waals surface area contributed by atoms with Gasteiger partial charge in [0.15, 0.2) is 5.69 Å². The number of hydrogen-bond acceptors (Lipinski definition) is 6. The molecule has 2 heterocycles. The second kappa shape index (κ2) is 8.86. The second-order valence-electron chi connectivity index (χ2n) is 7.85. The maximum Gasteiger partial charge on any atom is 0.299 e. The van der Waals surface area contributed by atoms with Crippen molar-refractivity contribution < 1.29 is 24.2 Å². The Hall–Kier alpha value is -4.79. The van der Waals surface area contributed by atoms with E-state index in [1.54, 1.807) is 77.4 Å². The number of hydrogen-bond donors (Lipinski definition) is 1. The molecule has 0 saturated heterocycles. The zero-order chi connectivity index (χ0) is 24.5. The summed E-state index contributed by atoms with van der Waals surface area (Å²) in [5, 5.41) is 19.4. The van der Waals surface area contributed by atoms with Crippen molar-refractivity contribution in [2.24, 2.45) is 10.2 Å². The van der Waals surface area contributed by atoms with Crippen LogP contribution in [0.25, 0.3) is 10.9 Å². The molecule has 0 aliphatic carbocycles. The van der Waals surface area contributed by atoms with Crippen LogP contribution >= 0.6 is 0 Å².